The number of amides is 1. The summed E-state index contributed by atoms with van der Waals surface area (Å²) in [6, 6.07) is 15.6. The van der Waals surface area contributed by atoms with Gasteiger partial charge in [-0.05, 0) is 35.2 Å². The van der Waals surface area contributed by atoms with Gasteiger partial charge in [-0.2, -0.15) is 0 Å². The summed E-state index contributed by atoms with van der Waals surface area (Å²) in [7, 11) is 0. The van der Waals surface area contributed by atoms with E-state index in [1.54, 1.807) is 4.90 Å². The zero-order valence-corrected chi connectivity index (χ0v) is 13.0. The van der Waals surface area contributed by atoms with Crippen LogP contribution in [0.15, 0.2) is 48.5 Å². The summed E-state index contributed by atoms with van der Waals surface area (Å²) in [5.41, 5.74) is 3.27. The summed E-state index contributed by atoms with van der Waals surface area (Å²) >= 11 is 6.03. The van der Waals surface area contributed by atoms with Crippen molar-refractivity contribution < 1.29 is 9.90 Å². The van der Waals surface area contributed by atoms with Crippen LogP contribution >= 0.6 is 11.6 Å². The lowest BCUT2D eigenvalue weighted by Gasteiger charge is -2.34. The lowest BCUT2D eigenvalue weighted by molar-refractivity contribution is -0.134. The van der Waals surface area contributed by atoms with Crippen LogP contribution in [0.5, 0.6) is 0 Å². The highest BCUT2D eigenvalue weighted by molar-refractivity contribution is 6.30. The molecule has 0 fully saturated rings. The Balaban J connectivity index is 1.76. The van der Waals surface area contributed by atoms with E-state index in [0.29, 0.717) is 18.1 Å². The van der Waals surface area contributed by atoms with Gasteiger partial charge in [-0.3, -0.25) is 4.79 Å². The van der Waals surface area contributed by atoms with Gasteiger partial charge in [-0.1, -0.05) is 48.0 Å². The molecule has 1 aliphatic rings. The van der Waals surface area contributed by atoms with Crippen LogP contribution in [-0.2, 0) is 17.8 Å². The van der Waals surface area contributed by atoms with E-state index in [1.165, 1.54) is 5.56 Å². The average molecular weight is 316 g/mol. The van der Waals surface area contributed by atoms with Crippen LogP contribution in [0.3, 0.4) is 0 Å². The third kappa shape index (κ3) is 3.01. The van der Waals surface area contributed by atoms with E-state index in [9.17, 15) is 9.90 Å². The first-order valence-corrected chi connectivity index (χ1v) is 7.78. The fraction of sp³-hybridized carbons (Fsp3) is 0.278. The monoisotopic (exact) mass is 315 g/mol. The van der Waals surface area contributed by atoms with Crippen molar-refractivity contribution in [3.05, 3.63) is 70.2 Å². The number of halogens is 1. The second-order valence-corrected chi connectivity index (χ2v) is 6.01. The number of fused-ring (bicyclic) bond motifs is 1. The molecule has 22 heavy (non-hydrogen) atoms. The van der Waals surface area contributed by atoms with Crippen molar-refractivity contribution in [2.45, 2.75) is 18.9 Å². The molecular weight excluding hydrogens is 298 g/mol. The maximum absolute atomic E-state index is 12.8. The molecule has 3 rings (SSSR count). The lowest BCUT2D eigenvalue weighted by Crippen LogP contribution is -2.40. The molecule has 0 radical (unpaired) electrons. The van der Waals surface area contributed by atoms with E-state index in [2.05, 4.69) is 0 Å². The van der Waals surface area contributed by atoms with E-state index in [1.807, 2.05) is 48.5 Å². The Kier molecular flexibility index (Phi) is 4.46. The summed E-state index contributed by atoms with van der Waals surface area (Å²) in [6.45, 7) is 0.834. The number of nitrogens with zero attached hydrogens (tertiary/aromatic N) is 1. The molecule has 3 nitrogen and oxygen atoms in total. The number of carbonyl (C=O) groups excluding carboxylic acids is 1. The number of aliphatic hydroxyl groups excluding tert-OH is 1. The number of hydrogen-bond acceptors (Lipinski definition) is 2. The maximum atomic E-state index is 12.8. The summed E-state index contributed by atoms with van der Waals surface area (Å²) in [5.74, 6) is -0.0726. The van der Waals surface area contributed by atoms with Crippen LogP contribution < -0.4 is 0 Å². The molecule has 2 aromatic rings. The fourth-order valence-corrected chi connectivity index (χ4v) is 3.09. The Labute approximate surface area is 135 Å². The predicted octanol–water partition coefficient (Wildman–Crippen LogP) is 3.00. The van der Waals surface area contributed by atoms with E-state index >= 15 is 0 Å². The number of carbonyl (C=O) groups is 1. The van der Waals surface area contributed by atoms with Crippen molar-refractivity contribution in [1.82, 2.24) is 4.90 Å². The molecule has 2 aromatic carbocycles. The second-order valence-electron chi connectivity index (χ2n) is 5.57. The molecule has 0 saturated heterocycles. The first-order valence-electron chi connectivity index (χ1n) is 7.41. The molecule has 0 spiro atoms. The fourth-order valence-electron chi connectivity index (χ4n) is 2.91. The SMILES string of the molecule is O=C(C1Cc2ccc(Cl)cc21)N(CCO)Cc1ccccc1. The molecule has 1 amide bonds. The van der Waals surface area contributed by atoms with Gasteiger partial charge < -0.3 is 10.0 Å². The molecular formula is C18H18ClNO2. The lowest BCUT2D eigenvalue weighted by atomic mass is 9.76. The molecule has 0 heterocycles. The van der Waals surface area contributed by atoms with Gasteiger partial charge in [0.2, 0.25) is 5.91 Å². The van der Waals surface area contributed by atoms with Gasteiger partial charge in [0.1, 0.15) is 0 Å². The van der Waals surface area contributed by atoms with Crippen LogP contribution in [0.4, 0.5) is 0 Å². The third-order valence-corrected chi connectivity index (χ3v) is 4.34. The Morgan fingerprint density at radius 3 is 2.73 bits per heavy atom. The molecule has 1 aliphatic carbocycles. The Morgan fingerprint density at radius 2 is 2.00 bits per heavy atom. The molecule has 1 unspecified atom stereocenters. The highest BCUT2D eigenvalue weighted by Gasteiger charge is 2.35. The van der Waals surface area contributed by atoms with E-state index in [4.69, 9.17) is 11.6 Å². The van der Waals surface area contributed by atoms with Crippen molar-refractivity contribution in [1.29, 1.82) is 0 Å². The molecule has 0 aliphatic heterocycles. The minimum atomic E-state index is -0.135. The molecule has 1 N–H and O–H groups in total. The maximum Gasteiger partial charge on any atom is 0.230 e. The normalized spacial score (nSPS) is 15.8. The van der Waals surface area contributed by atoms with Crippen molar-refractivity contribution in [2.24, 2.45) is 0 Å². The summed E-state index contributed by atoms with van der Waals surface area (Å²) in [5, 5.41) is 9.92. The van der Waals surface area contributed by atoms with Crippen molar-refractivity contribution in [3.8, 4) is 0 Å². The Hall–Kier alpha value is -1.84. The van der Waals surface area contributed by atoms with Crippen molar-refractivity contribution in [2.75, 3.05) is 13.2 Å². The highest BCUT2D eigenvalue weighted by Crippen LogP contribution is 2.38. The van der Waals surface area contributed by atoms with Crippen LogP contribution in [0, 0.1) is 0 Å². The van der Waals surface area contributed by atoms with Crippen LogP contribution in [0.2, 0.25) is 5.02 Å². The zero-order valence-electron chi connectivity index (χ0n) is 12.2. The van der Waals surface area contributed by atoms with E-state index in [-0.39, 0.29) is 18.4 Å². The predicted molar refractivity (Wildman–Crippen MR) is 86.8 cm³/mol. The quantitative estimate of drug-likeness (QED) is 0.921. The second kappa shape index (κ2) is 6.51. The topological polar surface area (TPSA) is 40.5 Å². The van der Waals surface area contributed by atoms with Gasteiger partial charge in [0.25, 0.3) is 0 Å². The minimum absolute atomic E-state index is 0.0340. The standard InChI is InChI=1S/C18H18ClNO2/c19-15-7-6-14-10-17(16(14)11-15)18(22)20(8-9-21)12-13-4-2-1-3-5-13/h1-7,11,17,21H,8-10,12H2. The molecule has 114 valence electrons. The first kappa shape index (κ1) is 15.1. The number of aliphatic hydroxyl groups is 1. The first-order chi connectivity index (χ1) is 10.7. The molecule has 0 saturated carbocycles. The average Bonchev–Trinajstić information content (AvgIpc) is 2.51. The zero-order chi connectivity index (χ0) is 15.5. The van der Waals surface area contributed by atoms with Gasteiger partial charge >= 0.3 is 0 Å². The van der Waals surface area contributed by atoms with Gasteiger partial charge in [0.15, 0.2) is 0 Å². The van der Waals surface area contributed by atoms with Crippen LogP contribution in [-0.4, -0.2) is 29.1 Å². The van der Waals surface area contributed by atoms with E-state index in [0.717, 1.165) is 17.5 Å². The minimum Gasteiger partial charge on any atom is -0.395 e. The van der Waals surface area contributed by atoms with Gasteiger partial charge in [-0.25, -0.2) is 0 Å². The van der Waals surface area contributed by atoms with Crippen molar-refractivity contribution >= 4 is 17.5 Å². The van der Waals surface area contributed by atoms with E-state index < -0.39 is 0 Å². The molecule has 0 aromatic heterocycles. The summed E-state index contributed by atoms with van der Waals surface area (Å²) in [4.78, 5) is 14.5. The molecule has 4 heteroatoms. The molecule has 0 bridgehead atoms. The molecule has 1 atom stereocenters. The van der Waals surface area contributed by atoms with Crippen LogP contribution in [0.1, 0.15) is 22.6 Å². The third-order valence-electron chi connectivity index (χ3n) is 4.10. The van der Waals surface area contributed by atoms with Gasteiger partial charge in [0, 0.05) is 18.1 Å². The smallest absolute Gasteiger partial charge is 0.230 e. The van der Waals surface area contributed by atoms with Gasteiger partial charge in [0.05, 0.1) is 12.5 Å². The Morgan fingerprint density at radius 1 is 1.23 bits per heavy atom. The number of rotatable bonds is 5. The number of hydrogen-bond donors (Lipinski definition) is 1. The summed E-state index contributed by atoms with van der Waals surface area (Å²) < 4.78 is 0. The largest absolute Gasteiger partial charge is 0.395 e. The summed E-state index contributed by atoms with van der Waals surface area (Å²) in [6.07, 6.45) is 0.752. The van der Waals surface area contributed by atoms with Crippen LogP contribution in [0.25, 0.3) is 0 Å². The Bertz CT molecular complexity index is 672. The number of benzene rings is 2. The van der Waals surface area contributed by atoms with Crippen molar-refractivity contribution in [3.63, 3.8) is 0 Å². The highest BCUT2D eigenvalue weighted by atomic mass is 35.5. The van der Waals surface area contributed by atoms with Gasteiger partial charge in [-0.15, -0.1) is 0 Å².